The first-order valence-corrected chi connectivity index (χ1v) is 11.9. The number of nitrogens with zero attached hydrogens (tertiary/aromatic N) is 2. The lowest BCUT2D eigenvalue weighted by atomic mass is 10.2. The molecule has 1 heterocycles. The molecule has 1 aliphatic rings. The molecule has 0 unspecified atom stereocenters. The van der Waals surface area contributed by atoms with Gasteiger partial charge in [-0.2, -0.15) is 8.61 Å². The van der Waals surface area contributed by atoms with E-state index in [1.165, 1.54) is 46.7 Å². The van der Waals surface area contributed by atoms with E-state index < -0.39 is 31.7 Å². The number of benzene rings is 2. The smallest absolute Gasteiger partial charge is 0.207 e. The number of rotatable bonds is 4. The molecule has 10 heteroatoms. The second-order valence-corrected chi connectivity index (χ2v) is 10.9. The molecule has 2 aromatic rings. The summed E-state index contributed by atoms with van der Waals surface area (Å²) in [6, 6.07) is 7.16. The largest absolute Gasteiger partial charge is 0.243 e. The topological polar surface area (TPSA) is 74.8 Å². The predicted molar refractivity (Wildman–Crippen MR) is 104 cm³/mol. The maximum atomic E-state index is 13.5. The molecule has 0 radical (unpaired) electrons. The van der Waals surface area contributed by atoms with Gasteiger partial charge in [0.15, 0.2) is 0 Å². The van der Waals surface area contributed by atoms with Gasteiger partial charge in [-0.15, -0.1) is 0 Å². The van der Waals surface area contributed by atoms with Gasteiger partial charge >= 0.3 is 0 Å². The van der Waals surface area contributed by atoms with Crippen LogP contribution in [0.15, 0.2) is 46.2 Å². The van der Waals surface area contributed by atoms with E-state index in [2.05, 4.69) is 0 Å². The van der Waals surface area contributed by atoms with Crippen LogP contribution >= 0.6 is 0 Å². The number of hydrogen-bond acceptors (Lipinski definition) is 4. The number of halogens is 2. The zero-order chi connectivity index (χ0) is 21.4. The molecule has 0 spiro atoms. The van der Waals surface area contributed by atoms with Gasteiger partial charge in [0, 0.05) is 26.2 Å². The standard InChI is InChI=1S/C19H22F2N2O4S2/c1-14-12-16(4-6-18(14)20)28(24,25)22-8-3-9-23(11-10-22)29(26,27)17-5-7-19(21)15(2)13-17/h4-7,12-13H,3,8-11H2,1-2H3. The highest BCUT2D eigenvalue weighted by Crippen LogP contribution is 2.23. The molecule has 0 atom stereocenters. The summed E-state index contributed by atoms with van der Waals surface area (Å²) >= 11 is 0. The third-order valence-corrected chi connectivity index (χ3v) is 8.74. The van der Waals surface area contributed by atoms with Crippen LogP contribution in [0.1, 0.15) is 17.5 Å². The van der Waals surface area contributed by atoms with Crippen LogP contribution in [-0.4, -0.2) is 51.6 Å². The summed E-state index contributed by atoms with van der Waals surface area (Å²) in [6.45, 7) is 3.20. The van der Waals surface area contributed by atoms with Crippen molar-refractivity contribution < 1.29 is 25.6 Å². The number of sulfonamides is 2. The molecule has 0 amide bonds. The Morgan fingerprint density at radius 3 is 1.41 bits per heavy atom. The fraction of sp³-hybridized carbons (Fsp3) is 0.368. The van der Waals surface area contributed by atoms with Gasteiger partial charge in [-0.25, -0.2) is 25.6 Å². The van der Waals surface area contributed by atoms with Crippen LogP contribution in [0.5, 0.6) is 0 Å². The lowest BCUT2D eigenvalue weighted by molar-refractivity contribution is 0.404. The summed E-state index contributed by atoms with van der Waals surface area (Å²) in [7, 11) is -7.75. The molecule has 158 valence electrons. The molecule has 6 nitrogen and oxygen atoms in total. The second-order valence-electron chi connectivity index (χ2n) is 6.98. The van der Waals surface area contributed by atoms with Gasteiger partial charge in [-0.1, -0.05) is 0 Å². The van der Waals surface area contributed by atoms with Gasteiger partial charge in [-0.05, 0) is 67.8 Å². The Hall–Kier alpha value is -1.88. The predicted octanol–water partition coefficient (Wildman–Crippen LogP) is 2.67. The minimum atomic E-state index is -3.87. The molecule has 0 aliphatic carbocycles. The Morgan fingerprint density at radius 1 is 0.690 bits per heavy atom. The lowest BCUT2D eigenvalue weighted by Crippen LogP contribution is -2.37. The van der Waals surface area contributed by atoms with Gasteiger partial charge in [0.25, 0.3) is 0 Å². The first-order valence-electron chi connectivity index (χ1n) is 9.06. The summed E-state index contributed by atoms with van der Waals surface area (Å²) in [6.07, 6.45) is 0.304. The minimum absolute atomic E-state index is 0.0260. The van der Waals surface area contributed by atoms with Crippen molar-refractivity contribution in [2.24, 2.45) is 0 Å². The van der Waals surface area contributed by atoms with E-state index in [0.717, 1.165) is 12.1 Å². The van der Waals surface area contributed by atoms with Crippen LogP contribution in [0.4, 0.5) is 8.78 Å². The normalized spacial score (nSPS) is 17.2. The van der Waals surface area contributed by atoms with E-state index in [4.69, 9.17) is 0 Å². The highest BCUT2D eigenvalue weighted by atomic mass is 32.2. The van der Waals surface area contributed by atoms with E-state index in [-0.39, 0.29) is 47.1 Å². The van der Waals surface area contributed by atoms with Crippen molar-refractivity contribution in [3.8, 4) is 0 Å². The molecule has 0 N–H and O–H groups in total. The van der Waals surface area contributed by atoms with E-state index >= 15 is 0 Å². The molecule has 1 fully saturated rings. The molecule has 3 rings (SSSR count). The maximum absolute atomic E-state index is 13.5. The van der Waals surface area contributed by atoms with Crippen molar-refractivity contribution in [1.29, 1.82) is 0 Å². The van der Waals surface area contributed by atoms with Gasteiger partial charge < -0.3 is 0 Å². The molecule has 29 heavy (non-hydrogen) atoms. The Bertz CT molecular complexity index is 1050. The zero-order valence-electron chi connectivity index (χ0n) is 16.1. The summed E-state index contributed by atoms with van der Waals surface area (Å²) in [5.41, 5.74) is 0.438. The average molecular weight is 445 g/mol. The molecule has 0 saturated carbocycles. The van der Waals surface area contributed by atoms with Gasteiger partial charge in [0.05, 0.1) is 9.79 Å². The number of aryl methyl sites for hydroxylation is 2. The summed E-state index contributed by atoms with van der Waals surface area (Å²) in [5.74, 6) is -0.988. The average Bonchev–Trinajstić information content (AvgIpc) is 2.93. The van der Waals surface area contributed by atoms with Crippen LogP contribution in [0.25, 0.3) is 0 Å². The minimum Gasteiger partial charge on any atom is -0.207 e. The van der Waals surface area contributed by atoms with Crippen molar-refractivity contribution in [3.63, 3.8) is 0 Å². The fourth-order valence-electron chi connectivity index (χ4n) is 3.20. The van der Waals surface area contributed by atoms with Crippen molar-refractivity contribution in [3.05, 3.63) is 59.2 Å². The van der Waals surface area contributed by atoms with E-state index in [1.807, 2.05) is 0 Å². The van der Waals surface area contributed by atoms with Gasteiger partial charge in [0.1, 0.15) is 11.6 Å². The fourth-order valence-corrected chi connectivity index (χ4v) is 6.31. The Labute approximate surface area is 169 Å². The Kier molecular flexibility index (Phi) is 6.09. The van der Waals surface area contributed by atoms with Crippen LogP contribution in [-0.2, 0) is 20.0 Å². The van der Waals surface area contributed by atoms with Crippen molar-refractivity contribution in [2.75, 3.05) is 26.2 Å². The van der Waals surface area contributed by atoms with Crippen molar-refractivity contribution in [2.45, 2.75) is 30.1 Å². The molecular weight excluding hydrogens is 422 g/mol. The summed E-state index contributed by atoms with van der Waals surface area (Å²) in [4.78, 5) is -0.0521. The van der Waals surface area contributed by atoms with E-state index in [1.54, 1.807) is 0 Å². The van der Waals surface area contributed by atoms with Crippen LogP contribution < -0.4 is 0 Å². The molecule has 0 aromatic heterocycles. The van der Waals surface area contributed by atoms with Crippen LogP contribution in [0.3, 0.4) is 0 Å². The van der Waals surface area contributed by atoms with Gasteiger partial charge in [-0.3, -0.25) is 0 Å². The third-order valence-electron chi connectivity index (χ3n) is 4.95. The summed E-state index contributed by atoms with van der Waals surface area (Å²) in [5, 5.41) is 0. The molecule has 2 aromatic carbocycles. The highest BCUT2D eigenvalue weighted by molar-refractivity contribution is 7.89. The first-order chi connectivity index (χ1) is 13.5. The van der Waals surface area contributed by atoms with Crippen molar-refractivity contribution in [1.82, 2.24) is 8.61 Å². The number of hydrogen-bond donors (Lipinski definition) is 0. The SMILES string of the molecule is Cc1cc(S(=O)(=O)N2CCCN(S(=O)(=O)c3ccc(F)c(C)c3)CC2)ccc1F. The zero-order valence-corrected chi connectivity index (χ0v) is 17.7. The second kappa shape index (κ2) is 8.10. The molecule has 1 aliphatic heterocycles. The molecule has 1 saturated heterocycles. The first kappa shape index (κ1) is 21.8. The van der Waals surface area contributed by atoms with Crippen molar-refractivity contribution >= 4 is 20.0 Å². The summed E-state index contributed by atoms with van der Waals surface area (Å²) < 4.78 is 81.0. The monoisotopic (exact) mass is 444 g/mol. The van der Waals surface area contributed by atoms with Gasteiger partial charge in [0.2, 0.25) is 20.0 Å². The highest BCUT2D eigenvalue weighted by Gasteiger charge is 2.32. The van der Waals surface area contributed by atoms with Crippen LogP contribution in [0, 0.1) is 25.5 Å². The third kappa shape index (κ3) is 4.35. The van der Waals surface area contributed by atoms with Crippen LogP contribution in [0.2, 0.25) is 0 Å². The maximum Gasteiger partial charge on any atom is 0.243 e. The van der Waals surface area contributed by atoms with E-state index in [0.29, 0.717) is 6.42 Å². The molecular formula is C19H22F2N2O4S2. The Balaban J connectivity index is 1.82. The van der Waals surface area contributed by atoms with E-state index in [9.17, 15) is 25.6 Å². The quantitative estimate of drug-likeness (QED) is 0.727. The lowest BCUT2D eigenvalue weighted by Gasteiger charge is -2.22. The molecule has 0 bridgehead atoms. The Morgan fingerprint density at radius 2 is 1.07 bits per heavy atom.